The van der Waals surface area contributed by atoms with E-state index in [9.17, 15) is 0 Å². The van der Waals surface area contributed by atoms with Crippen LogP contribution in [0.25, 0.3) is 0 Å². The van der Waals surface area contributed by atoms with Crippen LogP contribution < -0.4 is 10.6 Å². The van der Waals surface area contributed by atoms with Crippen LogP contribution >= 0.6 is 11.6 Å². The molecule has 0 radical (unpaired) electrons. The lowest BCUT2D eigenvalue weighted by Gasteiger charge is -2.27. The van der Waals surface area contributed by atoms with E-state index in [1.807, 2.05) is 0 Å². The average molecular weight is 297 g/mol. The summed E-state index contributed by atoms with van der Waals surface area (Å²) in [7, 11) is 0. The Morgan fingerprint density at radius 2 is 1.90 bits per heavy atom. The van der Waals surface area contributed by atoms with Crippen LogP contribution in [0, 0.1) is 5.92 Å². The van der Waals surface area contributed by atoms with Gasteiger partial charge >= 0.3 is 0 Å². The first-order chi connectivity index (χ1) is 9.51. The maximum Gasteiger partial charge on any atom is 0.0459 e. The number of nitrogens with zero attached hydrogens (tertiary/aromatic N) is 1. The first-order valence-corrected chi connectivity index (χ1v) is 8.18. The predicted molar refractivity (Wildman–Crippen MR) is 90.8 cm³/mol. The Bertz CT molecular complexity index is 406. The van der Waals surface area contributed by atoms with Crippen molar-refractivity contribution in [3.05, 3.63) is 28.8 Å². The number of halogens is 1. The predicted octanol–water partition coefficient (Wildman–Crippen LogP) is 4.49. The van der Waals surface area contributed by atoms with Gasteiger partial charge in [0.2, 0.25) is 0 Å². The lowest BCUT2D eigenvalue weighted by Crippen LogP contribution is -2.28. The third kappa shape index (κ3) is 4.99. The van der Waals surface area contributed by atoms with Crippen molar-refractivity contribution in [2.75, 3.05) is 18.0 Å². The van der Waals surface area contributed by atoms with Gasteiger partial charge in [-0.15, -0.1) is 0 Å². The van der Waals surface area contributed by atoms with Crippen LogP contribution in [-0.4, -0.2) is 19.1 Å². The van der Waals surface area contributed by atoms with Gasteiger partial charge in [0.15, 0.2) is 0 Å². The van der Waals surface area contributed by atoms with Crippen molar-refractivity contribution >= 4 is 17.3 Å². The van der Waals surface area contributed by atoms with E-state index in [0.717, 1.165) is 36.5 Å². The minimum absolute atomic E-state index is 0.195. The van der Waals surface area contributed by atoms with Crippen molar-refractivity contribution in [2.24, 2.45) is 11.7 Å². The zero-order valence-electron chi connectivity index (χ0n) is 13.3. The Labute approximate surface area is 129 Å². The molecule has 0 aromatic heterocycles. The highest BCUT2D eigenvalue weighted by molar-refractivity contribution is 6.31. The fourth-order valence-electron chi connectivity index (χ4n) is 2.25. The molecule has 2 atom stereocenters. The molecule has 20 heavy (non-hydrogen) atoms. The molecular formula is C17H29ClN2. The highest BCUT2D eigenvalue weighted by atomic mass is 35.5. The summed E-state index contributed by atoms with van der Waals surface area (Å²) in [5.41, 5.74) is 8.38. The smallest absolute Gasteiger partial charge is 0.0459 e. The van der Waals surface area contributed by atoms with Crippen LogP contribution in [0.1, 0.15) is 46.1 Å². The van der Waals surface area contributed by atoms with E-state index in [1.165, 1.54) is 12.1 Å². The summed E-state index contributed by atoms with van der Waals surface area (Å²) in [6, 6.07) is 6.59. The second-order valence-corrected chi connectivity index (χ2v) is 6.11. The van der Waals surface area contributed by atoms with Crippen molar-refractivity contribution in [1.82, 2.24) is 0 Å². The average Bonchev–Trinajstić information content (AvgIpc) is 2.46. The molecule has 1 rings (SSSR count). The molecule has 0 aliphatic heterocycles. The van der Waals surface area contributed by atoms with Crippen LogP contribution in [0.15, 0.2) is 18.2 Å². The van der Waals surface area contributed by atoms with Gasteiger partial charge in [-0.3, -0.25) is 0 Å². The SMILES string of the molecule is CCC(C)CN(CC)c1ccc(CC(N)CC)c(Cl)c1. The molecule has 0 spiro atoms. The lowest BCUT2D eigenvalue weighted by atomic mass is 10.0. The Hall–Kier alpha value is -0.730. The van der Waals surface area contributed by atoms with Crippen LogP contribution in [0.2, 0.25) is 5.02 Å². The van der Waals surface area contributed by atoms with Gasteiger partial charge < -0.3 is 10.6 Å². The topological polar surface area (TPSA) is 29.3 Å². The zero-order chi connectivity index (χ0) is 15.1. The van der Waals surface area contributed by atoms with Gasteiger partial charge in [-0.25, -0.2) is 0 Å². The van der Waals surface area contributed by atoms with Gasteiger partial charge in [0.25, 0.3) is 0 Å². The summed E-state index contributed by atoms with van der Waals surface area (Å²) in [5.74, 6) is 0.696. The summed E-state index contributed by atoms with van der Waals surface area (Å²) in [6.07, 6.45) is 3.04. The van der Waals surface area contributed by atoms with Gasteiger partial charge in [-0.1, -0.05) is 44.9 Å². The molecule has 2 nitrogen and oxygen atoms in total. The van der Waals surface area contributed by atoms with E-state index in [2.05, 4.69) is 50.8 Å². The Balaban J connectivity index is 2.83. The molecule has 1 aromatic rings. The molecule has 0 saturated heterocycles. The quantitative estimate of drug-likeness (QED) is 0.766. The highest BCUT2D eigenvalue weighted by Gasteiger charge is 2.11. The van der Waals surface area contributed by atoms with Crippen LogP contribution in [0.3, 0.4) is 0 Å². The normalized spacial score (nSPS) is 14.1. The molecule has 0 saturated carbocycles. The Morgan fingerprint density at radius 3 is 2.40 bits per heavy atom. The standard InChI is InChI=1S/C17H29ClN2/c1-5-13(4)12-20(7-3)16-9-8-14(17(18)11-16)10-15(19)6-2/h8-9,11,13,15H,5-7,10,12,19H2,1-4H3. The molecule has 0 aliphatic rings. The monoisotopic (exact) mass is 296 g/mol. The number of benzene rings is 1. The van der Waals surface area contributed by atoms with Gasteiger partial charge in [0.05, 0.1) is 0 Å². The summed E-state index contributed by atoms with van der Waals surface area (Å²) in [5, 5.41) is 0.842. The molecule has 0 heterocycles. The molecule has 0 amide bonds. The van der Waals surface area contributed by atoms with E-state index in [4.69, 9.17) is 17.3 Å². The number of hydrogen-bond donors (Lipinski definition) is 1. The highest BCUT2D eigenvalue weighted by Crippen LogP contribution is 2.25. The van der Waals surface area contributed by atoms with Crippen molar-refractivity contribution in [2.45, 2.75) is 53.0 Å². The maximum absolute atomic E-state index is 6.42. The van der Waals surface area contributed by atoms with Crippen molar-refractivity contribution in [3.63, 3.8) is 0 Å². The molecular weight excluding hydrogens is 268 g/mol. The number of anilines is 1. The van der Waals surface area contributed by atoms with E-state index in [0.29, 0.717) is 5.92 Å². The van der Waals surface area contributed by atoms with Gasteiger partial charge in [0, 0.05) is 29.8 Å². The summed E-state index contributed by atoms with van der Waals surface area (Å²) >= 11 is 6.42. The fraction of sp³-hybridized carbons (Fsp3) is 0.647. The molecule has 0 bridgehead atoms. The molecule has 114 valence electrons. The Kier molecular flexibility index (Phi) is 7.39. The molecule has 1 aromatic carbocycles. The van der Waals surface area contributed by atoms with Crippen LogP contribution in [0.4, 0.5) is 5.69 Å². The van der Waals surface area contributed by atoms with Crippen molar-refractivity contribution in [3.8, 4) is 0 Å². The zero-order valence-corrected chi connectivity index (χ0v) is 14.1. The minimum atomic E-state index is 0.195. The third-order valence-corrected chi connectivity index (χ3v) is 4.37. The lowest BCUT2D eigenvalue weighted by molar-refractivity contribution is 0.548. The summed E-state index contributed by atoms with van der Waals surface area (Å²) < 4.78 is 0. The maximum atomic E-state index is 6.42. The molecule has 0 fully saturated rings. The first-order valence-electron chi connectivity index (χ1n) is 7.80. The van der Waals surface area contributed by atoms with Crippen LogP contribution in [-0.2, 0) is 6.42 Å². The van der Waals surface area contributed by atoms with Crippen LogP contribution in [0.5, 0.6) is 0 Å². The van der Waals surface area contributed by atoms with E-state index in [1.54, 1.807) is 0 Å². The van der Waals surface area contributed by atoms with Gasteiger partial charge in [-0.05, 0) is 43.4 Å². The largest absolute Gasteiger partial charge is 0.372 e. The second-order valence-electron chi connectivity index (χ2n) is 5.70. The van der Waals surface area contributed by atoms with Gasteiger partial charge in [0.1, 0.15) is 0 Å². The van der Waals surface area contributed by atoms with E-state index in [-0.39, 0.29) is 6.04 Å². The first kappa shape index (κ1) is 17.3. The molecule has 2 unspecified atom stereocenters. The Morgan fingerprint density at radius 1 is 1.20 bits per heavy atom. The number of rotatable bonds is 8. The third-order valence-electron chi connectivity index (χ3n) is 4.02. The van der Waals surface area contributed by atoms with E-state index >= 15 is 0 Å². The molecule has 3 heteroatoms. The number of hydrogen-bond acceptors (Lipinski definition) is 2. The van der Waals surface area contributed by atoms with E-state index < -0.39 is 0 Å². The second kappa shape index (κ2) is 8.53. The van der Waals surface area contributed by atoms with Gasteiger partial charge in [-0.2, -0.15) is 0 Å². The molecule has 0 aliphatic carbocycles. The van der Waals surface area contributed by atoms with Crippen molar-refractivity contribution in [1.29, 1.82) is 0 Å². The molecule has 2 N–H and O–H groups in total. The summed E-state index contributed by atoms with van der Waals surface area (Å²) in [4.78, 5) is 2.39. The van der Waals surface area contributed by atoms with Crippen molar-refractivity contribution < 1.29 is 0 Å². The summed E-state index contributed by atoms with van der Waals surface area (Å²) in [6.45, 7) is 10.9. The minimum Gasteiger partial charge on any atom is -0.372 e. The fourth-order valence-corrected chi connectivity index (χ4v) is 2.50. The number of nitrogens with two attached hydrogens (primary N) is 1.